The fourth-order valence-corrected chi connectivity index (χ4v) is 3.30. The summed E-state index contributed by atoms with van der Waals surface area (Å²) in [4.78, 5) is 3.89. The quantitative estimate of drug-likeness (QED) is 0.802. The van der Waals surface area contributed by atoms with E-state index in [1.807, 2.05) is 11.3 Å². The third-order valence-electron chi connectivity index (χ3n) is 3.15. The summed E-state index contributed by atoms with van der Waals surface area (Å²) in [7, 11) is 4.29. The predicted octanol–water partition coefficient (Wildman–Crippen LogP) is 1.89. The number of rotatable bonds is 2. The van der Waals surface area contributed by atoms with Crippen LogP contribution in [-0.4, -0.2) is 32.1 Å². The zero-order valence-corrected chi connectivity index (χ0v) is 9.73. The van der Waals surface area contributed by atoms with Crippen LogP contribution in [0.3, 0.4) is 0 Å². The van der Waals surface area contributed by atoms with Crippen LogP contribution >= 0.6 is 11.3 Å². The lowest BCUT2D eigenvalue weighted by atomic mass is 9.88. The zero-order valence-electron chi connectivity index (χ0n) is 8.92. The molecule has 1 aliphatic heterocycles. The number of nitrogens with zero attached hydrogens (tertiary/aromatic N) is 1. The van der Waals surface area contributed by atoms with Crippen LogP contribution < -0.4 is 5.32 Å². The van der Waals surface area contributed by atoms with Gasteiger partial charge in [-0.05, 0) is 44.9 Å². The van der Waals surface area contributed by atoms with Gasteiger partial charge in [0, 0.05) is 11.4 Å². The second-order valence-electron chi connectivity index (χ2n) is 4.15. The Kier molecular flexibility index (Phi) is 2.91. The highest BCUT2D eigenvalue weighted by Crippen LogP contribution is 2.33. The summed E-state index contributed by atoms with van der Waals surface area (Å²) in [6.45, 7) is 2.36. The van der Waals surface area contributed by atoms with Crippen molar-refractivity contribution >= 4 is 11.3 Å². The van der Waals surface area contributed by atoms with Crippen molar-refractivity contribution in [3.05, 3.63) is 22.4 Å². The number of likely N-dealkylation sites (tertiary alicyclic amines) is 1. The van der Waals surface area contributed by atoms with Crippen molar-refractivity contribution < 1.29 is 0 Å². The first-order valence-electron chi connectivity index (χ1n) is 5.18. The fourth-order valence-electron chi connectivity index (χ4n) is 2.35. The maximum Gasteiger partial charge on any atom is 0.0655 e. The first kappa shape index (κ1) is 10.1. The summed E-state index contributed by atoms with van der Waals surface area (Å²) in [5.41, 5.74) is 0.209. The van der Waals surface area contributed by atoms with E-state index < -0.39 is 0 Å². The Balaban J connectivity index is 2.25. The average molecular weight is 210 g/mol. The van der Waals surface area contributed by atoms with Crippen molar-refractivity contribution in [2.45, 2.75) is 18.4 Å². The van der Waals surface area contributed by atoms with Gasteiger partial charge in [0.2, 0.25) is 0 Å². The van der Waals surface area contributed by atoms with E-state index in [0.717, 1.165) is 6.54 Å². The minimum absolute atomic E-state index is 0.209. The number of piperidine rings is 1. The van der Waals surface area contributed by atoms with Gasteiger partial charge >= 0.3 is 0 Å². The van der Waals surface area contributed by atoms with Gasteiger partial charge in [-0.1, -0.05) is 6.07 Å². The minimum atomic E-state index is 0.209. The van der Waals surface area contributed by atoms with Crippen LogP contribution in [0, 0.1) is 0 Å². The molecule has 1 saturated heterocycles. The molecule has 1 atom stereocenters. The second kappa shape index (κ2) is 4.01. The van der Waals surface area contributed by atoms with E-state index in [9.17, 15) is 0 Å². The Morgan fingerprint density at radius 3 is 3.00 bits per heavy atom. The monoisotopic (exact) mass is 210 g/mol. The third kappa shape index (κ3) is 1.72. The lowest BCUT2D eigenvalue weighted by Crippen LogP contribution is -2.51. The first-order valence-corrected chi connectivity index (χ1v) is 6.06. The maximum absolute atomic E-state index is 3.52. The van der Waals surface area contributed by atoms with Gasteiger partial charge < -0.3 is 10.2 Å². The van der Waals surface area contributed by atoms with Gasteiger partial charge in [0.25, 0.3) is 0 Å². The lowest BCUT2D eigenvalue weighted by Gasteiger charge is -2.40. The first-order chi connectivity index (χ1) is 6.77. The number of likely N-dealkylation sites (N-methyl/N-ethyl adjacent to an activating group) is 2. The van der Waals surface area contributed by atoms with Crippen molar-refractivity contribution in [3.63, 3.8) is 0 Å². The van der Waals surface area contributed by atoms with Crippen LogP contribution in [0.2, 0.25) is 0 Å². The van der Waals surface area contributed by atoms with Crippen molar-refractivity contribution in [2.75, 3.05) is 27.2 Å². The highest BCUT2D eigenvalue weighted by molar-refractivity contribution is 7.10. The van der Waals surface area contributed by atoms with Crippen molar-refractivity contribution in [1.82, 2.24) is 10.2 Å². The molecule has 2 heterocycles. The molecule has 1 N–H and O–H groups in total. The van der Waals surface area contributed by atoms with Gasteiger partial charge in [0.1, 0.15) is 0 Å². The fraction of sp³-hybridized carbons (Fsp3) is 0.636. The van der Waals surface area contributed by atoms with Crippen LogP contribution in [0.5, 0.6) is 0 Å². The molecule has 1 aromatic rings. The lowest BCUT2D eigenvalue weighted by molar-refractivity contribution is 0.155. The van der Waals surface area contributed by atoms with E-state index >= 15 is 0 Å². The van der Waals surface area contributed by atoms with Crippen LogP contribution in [0.15, 0.2) is 17.5 Å². The molecule has 0 saturated carbocycles. The second-order valence-corrected chi connectivity index (χ2v) is 5.10. The molecule has 1 aromatic heterocycles. The van der Waals surface area contributed by atoms with E-state index in [2.05, 4.69) is 41.8 Å². The Bertz CT molecular complexity index is 283. The van der Waals surface area contributed by atoms with Crippen molar-refractivity contribution in [1.29, 1.82) is 0 Å². The molecule has 78 valence electrons. The third-order valence-corrected chi connectivity index (χ3v) is 4.23. The van der Waals surface area contributed by atoms with E-state index in [4.69, 9.17) is 0 Å². The molecule has 0 radical (unpaired) electrons. The highest BCUT2D eigenvalue weighted by atomic mass is 32.1. The van der Waals surface area contributed by atoms with E-state index in [0.29, 0.717) is 0 Å². The highest BCUT2D eigenvalue weighted by Gasteiger charge is 2.35. The maximum atomic E-state index is 3.52. The zero-order chi connectivity index (χ0) is 10.0. The van der Waals surface area contributed by atoms with Crippen molar-refractivity contribution in [3.8, 4) is 0 Å². The summed E-state index contributed by atoms with van der Waals surface area (Å²) in [6.07, 6.45) is 2.55. The number of hydrogen-bond acceptors (Lipinski definition) is 3. The SMILES string of the molecule is CNC1(c2cccs2)CCCN(C)C1. The molecule has 14 heavy (non-hydrogen) atoms. The molecular weight excluding hydrogens is 192 g/mol. The van der Waals surface area contributed by atoms with Crippen LogP contribution in [0.4, 0.5) is 0 Å². The molecule has 1 unspecified atom stereocenters. The van der Waals surface area contributed by atoms with E-state index in [-0.39, 0.29) is 5.54 Å². The summed E-state index contributed by atoms with van der Waals surface area (Å²) in [6, 6.07) is 4.40. The van der Waals surface area contributed by atoms with Crippen molar-refractivity contribution in [2.24, 2.45) is 0 Å². The van der Waals surface area contributed by atoms with Gasteiger partial charge in [-0.15, -0.1) is 11.3 Å². The number of thiophene rings is 1. The summed E-state index contributed by atoms with van der Waals surface area (Å²) < 4.78 is 0. The molecule has 1 fully saturated rings. The molecule has 2 rings (SSSR count). The topological polar surface area (TPSA) is 15.3 Å². The molecule has 0 aromatic carbocycles. The Morgan fingerprint density at radius 2 is 2.43 bits per heavy atom. The molecule has 0 bridgehead atoms. The molecule has 3 heteroatoms. The molecule has 1 aliphatic rings. The van der Waals surface area contributed by atoms with Crippen LogP contribution in [0.1, 0.15) is 17.7 Å². The van der Waals surface area contributed by atoms with E-state index in [1.165, 1.54) is 24.3 Å². The largest absolute Gasteiger partial charge is 0.309 e. The van der Waals surface area contributed by atoms with Crippen LogP contribution in [-0.2, 0) is 5.54 Å². The van der Waals surface area contributed by atoms with Crippen LogP contribution in [0.25, 0.3) is 0 Å². The average Bonchev–Trinajstić information content (AvgIpc) is 2.71. The van der Waals surface area contributed by atoms with Gasteiger partial charge in [-0.25, -0.2) is 0 Å². The molecular formula is C11H18N2S. The summed E-state index contributed by atoms with van der Waals surface area (Å²) >= 11 is 1.87. The van der Waals surface area contributed by atoms with E-state index in [1.54, 1.807) is 0 Å². The van der Waals surface area contributed by atoms with Gasteiger partial charge in [0.05, 0.1) is 5.54 Å². The molecule has 0 aliphatic carbocycles. The standard InChI is InChI=1S/C11H18N2S/c1-12-11(10-5-3-8-14-10)6-4-7-13(2)9-11/h3,5,8,12H,4,6-7,9H2,1-2H3. The predicted molar refractivity (Wildman–Crippen MR) is 61.8 cm³/mol. The van der Waals surface area contributed by atoms with Gasteiger partial charge in [-0.3, -0.25) is 0 Å². The summed E-state index contributed by atoms with van der Waals surface area (Å²) in [5.74, 6) is 0. The summed E-state index contributed by atoms with van der Waals surface area (Å²) in [5, 5.41) is 5.69. The Labute approximate surface area is 89.9 Å². The smallest absolute Gasteiger partial charge is 0.0655 e. The molecule has 0 amide bonds. The van der Waals surface area contributed by atoms with Gasteiger partial charge in [-0.2, -0.15) is 0 Å². The Hall–Kier alpha value is -0.380. The molecule has 2 nitrogen and oxygen atoms in total. The Morgan fingerprint density at radius 1 is 1.57 bits per heavy atom. The van der Waals surface area contributed by atoms with Gasteiger partial charge in [0.15, 0.2) is 0 Å². The number of nitrogens with one attached hydrogen (secondary N) is 1. The minimum Gasteiger partial charge on any atom is -0.309 e. The molecule has 0 spiro atoms. The normalized spacial score (nSPS) is 29.3. The number of hydrogen-bond donors (Lipinski definition) is 1.